The smallest absolute Gasteiger partial charge is 0.310 e. The first-order valence-electron chi connectivity index (χ1n) is 5.66. The minimum absolute atomic E-state index is 0.198. The predicted molar refractivity (Wildman–Crippen MR) is 67.9 cm³/mol. The molecule has 0 fully saturated rings. The highest BCUT2D eigenvalue weighted by atomic mass is 16.5. The molecule has 0 saturated carbocycles. The van der Waals surface area contributed by atoms with Crippen molar-refractivity contribution in [3.05, 3.63) is 35.9 Å². The Morgan fingerprint density at radius 2 is 1.94 bits per heavy atom. The fraction of sp³-hybridized carbons (Fsp3) is 0.357. The van der Waals surface area contributed by atoms with Crippen LogP contribution < -0.4 is 4.74 Å². The molecule has 0 spiro atoms. The predicted octanol–water partition coefficient (Wildman–Crippen LogP) is 3.05. The van der Waals surface area contributed by atoms with Gasteiger partial charge in [-0.2, -0.15) is 0 Å². The summed E-state index contributed by atoms with van der Waals surface area (Å²) >= 11 is 0. The Labute approximate surface area is 102 Å². The third-order valence-corrected chi connectivity index (χ3v) is 2.45. The molecule has 3 heteroatoms. The Morgan fingerprint density at radius 1 is 1.29 bits per heavy atom. The van der Waals surface area contributed by atoms with Crippen molar-refractivity contribution in [3.8, 4) is 5.75 Å². The van der Waals surface area contributed by atoms with E-state index in [1.165, 1.54) is 0 Å². The van der Waals surface area contributed by atoms with Gasteiger partial charge >= 0.3 is 5.97 Å². The zero-order valence-corrected chi connectivity index (χ0v) is 10.5. The Morgan fingerprint density at radius 3 is 2.41 bits per heavy atom. The highest BCUT2D eigenvalue weighted by molar-refractivity contribution is 5.85. The summed E-state index contributed by atoms with van der Waals surface area (Å²) in [5.41, 5.74) is 1.98. The number of rotatable bonds is 5. The Balaban J connectivity index is 2.76. The number of ether oxygens (including phenoxy) is 2. The second-order valence-corrected chi connectivity index (χ2v) is 3.52. The maximum Gasteiger partial charge on any atom is 0.310 e. The normalized spacial score (nSPS) is 11.1. The average molecular weight is 234 g/mol. The van der Waals surface area contributed by atoms with E-state index in [0.717, 1.165) is 16.9 Å². The molecule has 0 saturated heterocycles. The number of esters is 1. The van der Waals surface area contributed by atoms with E-state index in [-0.39, 0.29) is 5.97 Å². The van der Waals surface area contributed by atoms with Crippen LogP contribution in [0.2, 0.25) is 0 Å². The lowest BCUT2D eigenvalue weighted by atomic mass is 10.0. The largest absolute Gasteiger partial charge is 0.497 e. The summed E-state index contributed by atoms with van der Waals surface area (Å²) in [5.74, 6) is 0.608. The van der Waals surface area contributed by atoms with Gasteiger partial charge in [0.25, 0.3) is 0 Å². The van der Waals surface area contributed by atoms with Crippen LogP contribution in [0, 0.1) is 0 Å². The van der Waals surface area contributed by atoms with Gasteiger partial charge in [0.15, 0.2) is 0 Å². The Bertz CT molecular complexity index is 390. The van der Waals surface area contributed by atoms with Gasteiger partial charge in [0.05, 0.1) is 20.1 Å². The van der Waals surface area contributed by atoms with Crippen LogP contribution in [0.25, 0.3) is 5.57 Å². The van der Waals surface area contributed by atoms with E-state index in [9.17, 15) is 4.79 Å². The zero-order chi connectivity index (χ0) is 12.7. The van der Waals surface area contributed by atoms with Crippen molar-refractivity contribution in [2.24, 2.45) is 0 Å². The average Bonchev–Trinajstić information content (AvgIpc) is 2.36. The van der Waals surface area contributed by atoms with E-state index < -0.39 is 0 Å². The molecule has 3 nitrogen and oxygen atoms in total. The van der Waals surface area contributed by atoms with E-state index in [1.54, 1.807) is 14.0 Å². The highest BCUT2D eigenvalue weighted by Crippen LogP contribution is 2.21. The maximum atomic E-state index is 11.4. The van der Waals surface area contributed by atoms with Gasteiger partial charge in [0.2, 0.25) is 0 Å². The van der Waals surface area contributed by atoms with Gasteiger partial charge in [-0.05, 0) is 37.1 Å². The first-order valence-corrected chi connectivity index (χ1v) is 5.66. The van der Waals surface area contributed by atoms with E-state index in [1.807, 2.05) is 37.3 Å². The van der Waals surface area contributed by atoms with Crippen molar-refractivity contribution < 1.29 is 14.3 Å². The lowest BCUT2D eigenvalue weighted by molar-refractivity contribution is -0.141. The van der Waals surface area contributed by atoms with Crippen molar-refractivity contribution in [3.63, 3.8) is 0 Å². The van der Waals surface area contributed by atoms with Crippen molar-refractivity contribution >= 4 is 11.5 Å². The first-order chi connectivity index (χ1) is 8.21. The molecule has 0 aromatic heterocycles. The van der Waals surface area contributed by atoms with Crippen LogP contribution in [0.4, 0.5) is 0 Å². The van der Waals surface area contributed by atoms with E-state index in [0.29, 0.717) is 13.0 Å². The van der Waals surface area contributed by atoms with Crippen molar-refractivity contribution in [2.45, 2.75) is 20.3 Å². The molecular formula is C14H18O3. The fourth-order valence-corrected chi connectivity index (χ4v) is 1.54. The maximum absolute atomic E-state index is 11.4. The van der Waals surface area contributed by atoms with Gasteiger partial charge < -0.3 is 9.47 Å². The van der Waals surface area contributed by atoms with Crippen molar-refractivity contribution in [1.29, 1.82) is 0 Å². The van der Waals surface area contributed by atoms with Crippen molar-refractivity contribution in [2.75, 3.05) is 13.7 Å². The molecule has 0 aliphatic heterocycles. The molecule has 0 N–H and O–H groups in total. The van der Waals surface area contributed by atoms with Gasteiger partial charge in [-0.25, -0.2) is 0 Å². The second-order valence-electron chi connectivity index (χ2n) is 3.52. The van der Waals surface area contributed by atoms with Gasteiger partial charge in [-0.1, -0.05) is 18.2 Å². The Kier molecular flexibility index (Phi) is 5.27. The molecule has 1 aromatic carbocycles. The zero-order valence-electron chi connectivity index (χ0n) is 10.5. The summed E-state index contributed by atoms with van der Waals surface area (Å²) in [6, 6.07) is 7.63. The lowest BCUT2D eigenvalue weighted by Gasteiger charge is -2.08. The molecule has 0 aliphatic carbocycles. The summed E-state index contributed by atoms with van der Waals surface area (Å²) in [6.45, 7) is 4.14. The number of allylic oxidation sites excluding steroid dienone is 1. The lowest BCUT2D eigenvalue weighted by Crippen LogP contribution is -2.04. The molecule has 0 heterocycles. The quantitative estimate of drug-likeness (QED) is 0.734. The molecule has 0 atom stereocenters. The minimum Gasteiger partial charge on any atom is -0.497 e. The SMILES string of the molecule is C/C=C(\CC(=O)OCC)c1ccc(OC)cc1. The number of carbonyl (C=O) groups excluding carboxylic acids is 1. The van der Waals surface area contributed by atoms with Gasteiger partial charge in [-0.3, -0.25) is 4.79 Å². The van der Waals surface area contributed by atoms with Crippen LogP contribution in [0.3, 0.4) is 0 Å². The highest BCUT2D eigenvalue weighted by Gasteiger charge is 2.08. The summed E-state index contributed by atoms with van der Waals surface area (Å²) in [4.78, 5) is 11.4. The molecule has 1 rings (SSSR count). The monoisotopic (exact) mass is 234 g/mol. The number of carbonyl (C=O) groups is 1. The number of benzene rings is 1. The molecule has 0 unspecified atom stereocenters. The van der Waals surface area contributed by atoms with Crippen LogP contribution in [0.5, 0.6) is 5.75 Å². The number of methoxy groups -OCH3 is 1. The van der Waals surface area contributed by atoms with Crippen LogP contribution >= 0.6 is 0 Å². The minimum atomic E-state index is -0.198. The second kappa shape index (κ2) is 6.74. The van der Waals surface area contributed by atoms with Crippen LogP contribution in [-0.4, -0.2) is 19.7 Å². The summed E-state index contributed by atoms with van der Waals surface area (Å²) in [7, 11) is 1.63. The van der Waals surface area contributed by atoms with E-state index >= 15 is 0 Å². The summed E-state index contributed by atoms with van der Waals surface area (Å²) in [5, 5.41) is 0. The summed E-state index contributed by atoms with van der Waals surface area (Å²) < 4.78 is 10.0. The van der Waals surface area contributed by atoms with Crippen LogP contribution in [-0.2, 0) is 9.53 Å². The molecule has 17 heavy (non-hydrogen) atoms. The van der Waals surface area contributed by atoms with Gasteiger partial charge in [0.1, 0.15) is 5.75 Å². The number of hydrogen-bond donors (Lipinski definition) is 0. The number of hydrogen-bond acceptors (Lipinski definition) is 3. The molecular weight excluding hydrogens is 216 g/mol. The van der Waals surface area contributed by atoms with E-state index in [4.69, 9.17) is 9.47 Å². The van der Waals surface area contributed by atoms with Crippen molar-refractivity contribution in [1.82, 2.24) is 0 Å². The van der Waals surface area contributed by atoms with E-state index in [2.05, 4.69) is 0 Å². The van der Waals surface area contributed by atoms with Crippen LogP contribution in [0.15, 0.2) is 30.3 Å². The Hall–Kier alpha value is -1.77. The van der Waals surface area contributed by atoms with Crippen LogP contribution in [0.1, 0.15) is 25.8 Å². The fourth-order valence-electron chi connectivity index (χ4n) is 1.54. The molecule has 92 valence electrons. The molecule has 0 amide bonds. The first kappa shape index (κ1) is 13.3. The van der Waals surface area contributed by atoms with Gasteiger partial charge in [-0.15, -0.1) is 0 Å². The molecule has 0 bridgehead atoms. The molecule has 0 radical (unpaired) electrons. The topological polar surface area (TPSA) is 35.5 Å². The third kappa shape index (κ3) is 3.94. The summed E-state index contributed by atoms with van der Waals surface area (Å²) in [6.07, 6.45) is 2.23. The third-order valence-electron chi connectivity index (χ3n) is 2.45. The standard InChI is InChI=1S/C14H18O3/c1-4-11(10-14(15)17-5-2)12-6-8-13(16-3)9-7-12/h4,6-9H,5,10H2,1-3H3/b11-4+. The van der Waals surface area contributed by atoms with Gasteiger partial charge in [0, 0.05) is 0 Å². The molecule has 0 aliphatic rings. The molecule has 1 aromatic rings.